The van der Waals surface area contributed by atoms with Crippen molar-refractivity contribution in [2.24, 2.45) is 0 Å². The van der Waals surface area contributed by atoms with Crippen LogP contribution in [0.25, 0.3) is 0 Å². The van der Waals surface area contributed by atoms with Crippen LogP contribution in [0, 0.1) is 5.82 Å². The average molecular weight is 461 g/mol. The summed E-state index contributed by atoms with van der Waals surface area (Å²) in [6.07, 6.45) is 1.72. The van der Waals surface area contributed by atoms with E-state index < -0.39 is 16.1 Å². The van der Waals surface area contributed by atoms with Crippen LogP contribution in [0.15, 0.2) is 44.4 Å². The van der Waals surface area contributed by atoms with Gasteiger partial charge in [-0.05, 0) is 65.0 Å². The monoisotopic (exact) mass is 460 g/mol. The quantitative estimate of drug-likeness (QED) is 0.719. The zero-order chi connectivity index (χ0) is 18.7. The van der Waals surface area contributed by atoms with Crippen LogP contribution >= 0.6 is 27.3 Å². The molecule has 1 aromatic carbocycles. The first-order chi connectivity index (χ1) is 12.4. The van der Waals surface area contributed by atoms with E-state index in [-0.39, 0.29) is 15.9 Å². The van der Waals surface area contributed by atoms with Gasteiger partial charge >= 0.3 is 0 Å². The van der Waals surface area contributed by atoms with Crippen molar-refractivity contribution in [2.75, 3.05) is 13.1 Å². The molecule has 0 spiro atoms. The summed E-state index contributed by atoms with van der Waals surface area (Å²) in [6, 6.07) is 8.64. The number of hydrogen-bond acceptors (Lipinski definition) is 4. The maximum absolute atomic E-state index is 12.9. The molecule has 0 bridgehead atoms. The van der Waals surface area contributed by atoms with Gasteiger partial charge in [-0.3, -0.25) is 4.79 Å². The van der Waals surface area contributed by atoms with E-state index in [2.05, 4.69) is 21.2 Å². The first-order valence-corrected chi connectivity index (χ1v) is 11.2. The van der Waals surface area contributed by atoms with Crippen molar-refractivity contribution in [1.82, 2.24) is 9.62 Å². The maximum Gasteiger partial charge on any atom is 0.253 e. The van der Waals surface area contributed by atoms with Gasteiger partial charge in [0.15, 0.2) is 0 Å². The number of carbonyl (C=O) groups excluding carboxylic acids is 1. The molecule has 2 heterocycles. The third-order valence-corrected chi connectivity index (χ3v) is 8.24. The Labute approximate surface area is 164 Å². The molecule has 1 unspecified atom stereocenters. The minimum absolute atomic E-state index is 0.232. The number of thiophene rings is 1. The van der Waals surface area contributed by atoms with Crippen LogP contribution in [-0.2, 0) is 21.2 Å². The molecule has 1 aromatic heterocycles. The number of rotatable bonds is 6. The number of hydrogen-bond donors (Lipinski definition) is 1. The van der Waals surface area contributed by atoms with E-state index in [1.807, 2.05) is 0 Å². The van der Waals surface area contributed by atoms with Crippen molar-refractivity contribution in [3.8, 4) is 0 Å². The average Bonchev–Trinajstić information content (AvgIpc) is 3.26. The molecule has 0 radical (unpaired) electrons. The lowest BCUT2D eigenvalue weighted by Gasteiger charge is -2.22. The molecule has 0 saturated carbocycles. The maximum atomic E-state index is 12.9. The lowest BCUT2D eigenvalue weighted by atomic mass is 10.1. The highest BCUT2D eigenvalue weighted by atomic mass is 79.9. The third kappa shape index (κ3) is 4.33. The van der Waals surface area contributed by atoms with Crippen molar-refractivity contribution in [3.63, 3.8) is 0 Å². The fourth-order valence-electron chi connectivity index (χ4n) is 2.94. The van der Waals surface area contributed by atoms with Gasteiger partial charge in [-0.2, -0.15) is 4.31 Å². The minimum atomic E-state index is -3.67. The van der Waals surface area contributed by atoms with Gasteiger partial charge in [0.05, 0.1) is 3.79 Å². The van der Waals surface area contributed by atoms with E-state index in [4.69, 9.17) is 0 Å². The van der Waals surface area contributed by atoms with Gasteiger partial charge in [0.1, 0.15) is 16.1 Å². The minimum Gasteiger partial charge on any atom is -0.354 e. The van der Waals surface area contributed by atoms with Gasteiger partial charge in [-0.25, -0.2) is 12.8 Å². The Bertz CT molecular complexity index is 884. The van der Waals surface area contributed by atoms with E-state index in [0.29, 0.717) is 32.4 Å². The smallest absolute Gasteiger partial charge is 0.253 e. The van der Waals surface area contributed by atoms with Gasteiger partial charge in [0.2, 0.25) is 5.91 Å². The van der Waals surface area contributed by atoms with Crippen LogP contribution in [0.1, 0.15) is 18.4 Å². The Kier molecular flexibility index (Phi) is 6.11. The van der Waals surface area contributed by atoms with E-state index in [1.54, 1.807) is 24.3 Å². The summed E-state index contributed by atoms with van der Waals surface area (Å²) in [6.45, 7) is 0.716. The summed E-state index contributed by atoms with van der Waals surface area (Å²) in [5.74, 6) is -0.589. The molecule has 1 N–H and O–H groups in total. The molecule has 1 fully saturated rings. The first kappa shape index (κ1) is 19.5. The molecule has 1 amide bonds. The Morgan fingerprint density at radius 3 is 2.65 bits per heavy atom. The molecule has 1 saturated heterocycles. The second-order valence-electron chi connectivity index (χ2n) is 6.00. The summed E-state index contributed by atoms with van der Waals surface area (Å²) in [7, 11) is -3.67. The standard InChI is InChI=1S/C17H18BrFN2O3S2/c18-15-7-8-16(25-15)26(23,24)21-11-1-2-14(21)17(22)20-10-9-12-3-5-13(19)6-4-12/h3-8,14H,1-2,9-11H2,(H,20,22). The fourth-order valence-corrected chi connectivity index (χ4v) is 6.74. The van der Waals surface area contributed by atoms with Gasteiger partial charge < -0.3 is 5.32 Å². The lowest BCUT2D eigenvalue weighted by Crippen LogP contribution is -2.46. The zero-order valence-corrected chi connectivity index (χ0v) is 17.0. The summed E-state index contributed by atoms with van der Waals surface area (Å²) < 4.78 is 40.7. The van der Waals surface area contributed by atoms with Gasteiger partial charge in [0.25, 0.3) is 10.0 Å². The molecule has 140 valence electrons. The van der Waals surface area contributed by atoms with Crippen LogP contribution in [0.4, 0.5) is 4.39 Å². The summed E-state index contributed by atoms with van der Waals surface area (Å²) >= 11 is 4.41. The van der Waals surface area contributed by atoms with Gasteiger partial charge in [0, 0.05) is 13.1 Å². The normalized spacial score (nSPS) is 18.2. The molecular formula is C17H18BrFN2O3S2. The van der Waals surface area contributed by atoms with Crippen LogP contribution in [0.5, 0.6) is 0 Å². The summed E-state index contributed by atoms with van der Waals surface area (Å²) in [4.78, 5) is 12.5. The van der Waals surface area contributed by atoms with Crippen molar-refractivity contribution < 1.29 is 17.6 Å². The predicted octanol–water partition coefficient (Wildman–Crippen LogP) is 3.16. The number of benzene rings is 1. The first-order valence-electron chi connectivity index (χ1n) is 8.17. The molecule has 26 heavy (non-hydrogen) atoms. The molecule has 5 nitrogen and oxygen atoms in total. The number of nitrogens with zero attached hydrogens (tertiary/aromatic N) is 1. The van der Waals surface area contributed by atoms with Crippen LogP contribution in [0.3, 0.4) is 0 Å². The molecule has 1 aliphatic heterocycles. The highest BCUT2D eigenvalue weighted by Gasteiger charge is 2.39. The fraction of sp³-hybridized carbons (Fsp3) is 0.353. The molecule has 3 rings (SSSR count). The Morgan fingerprint density at radius 2 is 2.00 bits per heavy atom. The Hall–Kier alpha value is -1.29. The second kappa shape index (κ2) is 8.16. The molecule has 9 heteroatoms. The van der Waals surface area contributed by atoms with Gasteiger partial charge in [-0.1, -0.05) is 12.1 Å². The number of nitrogens with one attached hydrogen (secondary N) is 1. The predicted molar refractivity (Wildman–Crippen MR) is 102 cm³/mol. The zero-order valence-electron chi connectivity index (χ0n) is 13.8. The molecule has 1 atom stereocenters. The van der Waals surface area contributed by atoms with Crippen molar-refractivity contribution in [1.29, 1.82) is 0 Å². The summed E-state index contributed by atoms with van der Waals surface area (Å²) in [5.41, 5.74) is 0.908. The van der Waals surface area contributed by atoms with Crippen molar-refractivity contribution in [3.05, 3.63) is 51.6 Å². The van der Waals surface area contributed by atoms with Crippen LogP contribution in [-0.4, -0.2) is 37.8 Å². The third-order valence-electron chi connectivity index (χ3n) is 4.24. The Morgan fingerprint density at radius 1 is 1.27 bits per heavy atom. The lowest BCUT2D eigenvalue weighted by molar-refractivity contribution is -0.124. The molecular weight excluding hydrogens is 443 g/mol. The highest BCUT2D eigenvalue weighted by Crippen LogP contribution is 2.32. The summed E-state index contributed by atoms with van der Waals surface area (Å²) in [5, 5.41) is 2.80. The van der Waals surface area contributed by atoms with E-state index in [0.717, 1.165) is 20.7 Å². The second-order valence-corrected chi connectivity index (χ2v) is 10.6. The van der Waals surface area contributed by atoms with Crippen molar-refractivity contribution in [2.45, 2.75) is 29.5 Å². The number of sulfonamides is 1. The van der Waals surface area contributed by atoms with E-state index in [9.17, 15) is 17.6 Å². The van der Waals surface area contributed by atoms with E-state index in [1.165, 1.54) is 16.4 Å². The largest absolute Gasteiger partial charge is 0.354 e. The van der Waals surface area contributed by atoms with Crippen LogP contribution in [0.2, 0.25) is 0 Å². The Balaban J connectivity index is 1.62. The van der Waals surface area contributed by atoms with Crippen LogP contribution < -0.4 is 5.32 Å². The highest BCUT2D eigenvalue weighted by molar-refractivity contribution is 9.11. The van der Waals surface area contributed by atoms with Crippen molar-refractivity contribution >= 4 is 43.2 Å². The number of carbonyl (C=O) groups is 1. The molecule has 2 aromatic rings. The number of halogens is 2. The SMILES string of the molecule is O=C(NCCc1ccc(F)cc1)C1CCCN1S(=O)(=O)c1ccc(Br)s1. The molecule has 0 aliphatic carbocycles. The molecule has 1 aliphatic rings. The number of amides is 1. The topological polar surface area (TPSA) is 66.5 Å². The van der Waals surface area contributed by atoms with Gasteiger partial charge in [-0.15, -0.1) is 11.3 Å². The van der Waals surface area contributed by atoms with E-state index >= 15 is 0 Å².